The zero-order valence-electron chi connectivity index (χ0n) is 13.6. The minimum absolute atomic E-state index is 0.137. The third-order valence-electron chi connectivity index (χ3n) is 5.66. The van der Waals surface area contributed by atoms with Gasteiger partial charge in [0.1, 0.15) is 11.6 Å². The van der Waals surface area contributed by atoms with Gasteiger partial charge in [0.05, 0.1) is 5.69 Å². The highest BCUT2D eigenvalue weighted by Crippen LogP contribution is 2.47. The quantitative estimate of drug-likeness (QED) is 0.918. The van der Waals surface area contributed by atoms with Gasteiger partial charge in [0.15, 0.2) is 0 Å². The van der Waals surface area contributed by atoms with E-state index in [0.29, 0.717) is 24.6 Å². The number of halogens is 2. The molecule has 0 spiro atoms. The van der Waals surface area contributed by atoms with E-state index in [1.807, 2.05) is 0 Å². The van der Waals surface area contributed by atoms with Gasteiger partial charge in [0.2, 0.25) is 11.8 Å². The molecule has 3 saturated carbocycles. The average molecular weight is 337 g/mol. The molecule has 3 fully saturated rings. The second-order valence-electron chi connectivity index (χ2n) is 7.49. The molecule has 0 radical (unpaired) electrons. The Morgan fingerprint density at radius 1 is 1.25 bits per heavy atom. The van der Waals surface area contributed by atoms with Crippen LogP contribution in [0.1, 0.15) is 68.0 Å². The van der Waals surface area contributed by atoms with Gasteiger partial charge in [-0.25, -0.2) is 8.78 Å². The first kappa shape index (κ1) is 15.7. The van der Waals surface area contributed by atoms with Gasteiger partial charge >= 0.3 is 0 Å². The molecular weight excluding hydrogens is 316 g/mol. The van der Waals surface area contributed by atoms with Crippen molar-refractivity contribution in [3.8, 4) is 0 Å². The van der Waals surface area contributed by atoms with Crippen LogP contribution in [0.25, 0.3) is 0 Å². The fourth-order valence-electron chi connectivity index (χ4n) is 3.86. The van der Waals surface area contributed by atoms with E-state index in [1.165, 1.54) is 0 Å². The minimum atomic E-state index is -2.71. The Kier molecular flexibility index (Phi) is 3.51. The van der Waals surface area contributed by atoms with Crippen LogP contribution in [-0.2, 0) is 16.6 Å². The van der Waals surface area contributed by atoms with E-state index in [-0.39, 0.29) is 30.4 Å². The summed E-state index contributed by atoms with van der Waals surface area (Å²) < 4.78 is 27.7. The van der Waals surface area contributed by atoms with E-state index in [0.717, 1.165) is 30.5 Å². The second kappa shape index (κ2) is 5.36. The summed E-state index contributed by atoms with van der Waals surface area (Å²) >= 11 is 0. The Bertz CT molecular complexity index is 693. The largest absolute Gasteiger partial charge is 0.310 e. The SMILES string of the molecule is Cn1nc(C2CC(=O)C2)c(C2CCC2)c1NC(=O)C1CC(F)(F)C1. The zero-order chi connectivity index (χ0) is 17.1. The Morgan fingerprint density at radius 3 is 2.42 bits per heavy atom. The second-order valence-corrected chi connectivity index (χ2v) is 7.49. The van der Waals surface area contributed by atoms with E-state index in [9.17, 15) is 18.4 Å². The Labute approximate surface area is 138 Å². The summed E-state index contributed by atoms with van der Waals surface area (Å²) in [7, 11) is 1.76. The highest BCUT2D eigenvalue weighted by molar-refractivity contribution is 5.94. The van der Waals surface area contributed by atoms with E-state index >= 15 is 0 Å². The molecule has 1 aromatic rings. The van der Waals surface area contributed by atoms with Crippen molar-refractivity contribution in [2.75, 3.05) is 5.32 Å². The summed E-state index contributed by atoms with van der Waals surface area (Å²) in [5.41, 5.74) is 1.94. The maximum Gasteiger partial charge on any atom is 0.249 e. The summed E-state index contributed by atoms with van der Waals surface area (Å²) in [5, 5.41) is 7.40. The number of alkyl halides is 2. The van der Waals surface area contributed by atoms with Gasteiger partial charge in [-0.2, -0.15) is 5.10 Å². The molecule has 24 heavy (non-hydrogen) atoms. The molecule has 0 saturated heterocycles. The number of hydrogen-bond donors (Lipinski definition) is 1. The lowest BCUT2D eigenvalue weighted by Gasteiger charge is -2.34. The minimum Gasteiger partial charge on any atom is -0.310 e. The number of carbonyl (C=O) groups excluding carboxylic acids is 2. The standard InChI is InChI=1S/C17H21F2N3O2/c1-22-15(20-16(24)11-7-17(18,19)8-11)13(9-3-2-4-9)14(21-22)10-5-12(23)6-10/h9-11H,2-8H2,1H3,(H,20,24). The van der Waals surface area contributed by atoms with Crippen LogP contribution in [0.3, 0.4) is 0 Å². The molecule has 1 heterocycles. The molecule has 0 atom stereocenters. The third kappa shape index (κ3) is 2.54. The van der Waals surface area contributed by atoms with Gasteiger partial charge in [-0.15, -0.1) is 0 Å². The topological polar surface area (TPSA) is 64.0 Å². The predicted octanol–water partition coefficient (Wildman–Crippen LogP) is 3.12. The lowest BCUT2D eigenvalue weighted by atomic mass is 9.73. The first-order valence-electron chi connectivity index (χ1n) is 8.61. The van der Waals surface area contributed by atoms with Crippen LogP contribution in [-0.4, -0.2) is 27.4 Å². The van der Waals surface area contributed by atoms with Crippen molar-refractivity contribution < 1.29 is 18.4 Å². The van der Waals surface area contributed by atoms with Crippen molar-refractivity contribution in [3.05, 3.63) is 11.3 Å². The third-order valence-corrected chi connectivity index (χ3v) is 5.66. The number of aryl methyl sites for hydroxylation is 1. The number of nitrogens with zero attached hydrogens (tertiary/aromatic N) is 2. The van der Waals surface area contributed by atoms with Crippen LogP contribution in [0.4, 0.5) is 14.6 Å². The highest BCUT2D eigenvalue weighted by Gasteiger charge is 2.49. The van der Waals surface area contributed by atoms with Gasteiger partial charge in [0.25, 0.3) is 0 Å². The van der Waals surface area contributed by atoms with Gasteiger partial charge < -0.3 is 5.32 Å². The molecule has 1 aromatic heterocycles. The molecule has 0 aromatic carbocycles. The number of carbonyl (C=O) groups is 2. The van der Waals surface area contributed by atoms with Crippen molar-refractivity contribution in [2.45, 2.75) is 62.7 Å². The van der Waals surface area contributed by atoms with E-state index in [1.54, 1.807) is 11.7 Å². The van der Waals surface area contributed by atoms with E-state index in [2.05, 4.69) is 10.4 Å². The Hall–Kier alpha value is -1.79. The number of amides is 1. The summed E-state index contributed by atoms with van der Waals surface area (Å²) in [6.45, 7) is 0. The fourth-order valence-corrected chi connectivity index (χ4v) is 3.86. The predicted molar refractivity (Wildman–Crippen MR) is 83.1 cm³/mol. The summed E-state index contributed by atoms with van der Waals surface area (Å²) in [5.74, 6) is -2.32. The van der Waals surface area contributed by atoms with Gasteiger partial charge in [-0.05, 0) is 18.8 Å². The lowest BCUT2D eigenvalue weighted by molar-refractivity contribution is -0.145. The van der Waals surface area contributed by atoms with Gasteiger partial charge in [-0.1, -0.05) is 6.42 Å². The van der Waals surface area contributed by atoms with Crippen molar-refractivity contribution in [3.63, 3.8) is 0 Å². The number of aromatic nitrogens is 2. The van der Waals surface area contributed by atoms with Crippen LogP contribution in [0.5, 0.6) is 0 Å². The molecule has 1 N–H and O–H groups in total. The number of hydrogen-bond acceptors (Lipinski definition) is 3. The first-order chi connectivity index (χ1) is 11.3. The van der Waals surface area contributed by atoms with Crippen LogP contribution < -0.4 is 5.32 Å². The van der Waals surface area contributed by atoms with Crippen molar-refractivity contribution in [2.24, 2.45) is 13.0 Å². The number of Topliss-reactive ketones (excluding diaryl/α,β-unsaturated/α-hetero) is 1. The maximum atomic E-state index is 13.0. The molecule has 4 rings (SSSR count). The summed E-state index contributed by atoms with van der Waals surface area (Å²) in [6.07, 6.45) is 3.51. The van der Waals surface area contributed by atoms with Crippen LogP contribution in [0.15, 0.2) is 0 Å². The fraction of sp³-hybridized carbons (Fsp3) is 0.706. The van der Waals surface area contributed by atoms with Crippen LogP contribution >= 0.6 is 0 Å². The van der Waals surface area contributed by atoms with Crippen LogP contribution in [0, 0.1) is 5.92 Å². The molecule has 0 bridgehead atoms. The highest BCUT2D eigenvalue weighted by atomic mass is 19.3. The van der Waals surface area contributed by atoms with E-state index in [4.69, 9.17) is 0 Å². The average Bonchev–Trinajstić information content (AvgIpc) is 2.68. The first-order valence-corrected chi connectivity index (χ1v) is 8.61. The Balaban J connectivity index is 1.57. The molecule has 3 aliphatic rings. The van der Waals surface area contributed by atoms with E-state index < -0.39 is 11.8 Å². The van der Waals surface area contributed by atoms with Crippen molar-refractivity contribution >= 4 is 17.5 Å². The van der Waals surface area contributed by atoms with Gasteiger partial charge in [-0.3, -0.25) is 14.3 Å². The number of ketones is 1. The summed E-state index contributed by atoms with van der Waals surface area (Å²) in [6, 6.07) is 0. The lowest BCUT2D eigenvalue weighted by Crippen LogP contribution is -2.42. The van der Waals surface area contributed by atoms with Gasteiger partial charge in [0, 0.05) is 50.1 Å². The maximum absolute atomic E-state index is 13.0. The number of rotatable bonds is 4. The normalized spacial score (nSPS) is 24.2. The van der Waals surface area contributed by atoms with Crippen molar-refractivity contribution in [1.29, 1.82) is 0 Å². The summed E-state index contributed by atoms with van der Waals surface area (Å²) in [4.78, 5) is 23.6. The molecular formula is C17H21F2N3O2. The molecule has 3 aliphatic carbocycles. The number of anilines is 1. The monoisotopic (exact) mass is 337 g/mol. The number of nitrogens with one attached hydrogen (secondary N) is 1. The molecule has 7 heteroatoms. The van der Waals surface area contributed by atoms with Crippen molar-refractivity contribution in [1.82, 2.24) is 9.78 Å². The molecule has 0 aliphatic heterocycles. The molecule has 5 nitrogen and oxygen atoms in total. The zero-order valence-corrected chi connectivity index (χ0v) is 13.6. The molecule has 1 amide bonds. The molecule has 0 unspecified atom stereocenters. The molecule has 130 valence electrons. The smallest absolute Gasteiger partial charge is 0.249 e. The van der Waals surface area contributed by atoms with Crippen LogP contribution in [0.2, 0.25) is 0 Å². The Morgan fingerprint density at radius 2 is 1.92 bits per heavy atom.